The molecule has 61 heavy (non-hydrogen) atoms. The molecule has 2 N–H and O–H groups in total. The summed E-state index contributed by atoms with van der Waals surface area (Å²) in [4.78, 5) is 12.2. The first-order valence-corrected chi connectivity index (χ1v) is 24.6. The minimum absolute atomic E-state index is 0. The van der Waals surface area contributed by atoms with Crippen LogP contribution in [0.2, 0.25) is 0 Å². The van der Waals surface area contributed by atoms with Crippen LogP contribution in [0.15, 0.2) is 24.3 Å². The van der Waals surface area contributed by atoms with Crippen molar-refractivity contribution < 1.29 is 38.7 Å². The quantitative estimate of drug-likeness (QED) is 0.0378. The summed E-state index contributed by atoms with van der Waals surface area (Å²) in [5.41, 5.74) is 2.61. The van der Waals surface area contributed by atoms with Crippen molar-refractivity contribution in [3.8, 4) is 28.7 Å². The number of carbonyl (C=O) groups is 1. The number of carbonyl (C=O) groups excluding carboxylic acids is 1. The summed E-state index contributed by atoms with van der Waals surface area (Å²) in [7, 11) is 1.41. The molecule has 0 aliphatic heterocycles. The average molecular weight is 882 g/mol. The second-order valence-electron chi connectivity index (χ2n) is 15.9. The molecule has 0 atom stereocenters. The minimum Gasteiger partial charge on any atom is -0.493 e. The molecule has 2 aromatic carbocycles. The van der Waals surface area contributed by atoms with Gasteiger partial charge in [-0.1, -0.05) is 165 Å². The van der Waals surface area contributed by atoms with E-state index in [9.17, 15) is 4.79 Å². The number of hydrogen-bond acceptors (Lipinski definition) is 7. The lowest BCUT2D eigenvalue weighted by Crippen LogP contribution is -2.09. The third kappa shape index (κ3) is 28.5. The molecule has 8 nitrogen and oxygen atoms in total. The molecule has 0 unspecified atom stereocenters. The van der Waals surface area contributed by atoms with Gasteiger partial charge in [-0.25, -0.2) is 4.79 Å². The van der Waals surface area contributed by atoms with Crippen LogP contribution in [0.3, 0.4) is 0 Å². The minimum atomic E-state index is -0.348. The average Bonchev–Trinajstić information content (AvgIpc) is 3.25. The third-order valence-electron chi connectivity index (χ3n) is 10.4. The zero-order valence-electron chi connectivity index (χ0n) is 39.5. The Bertz CT molecular complexity index is 1230. The molecule has 0 radical (unpaired) electrons. The van der Waals surface area contributed by atoms with Crippen molar-refractivity contribution in [1.29, 1.82) is 0 Å². The molecule has 0 aliphatic rings. The summed E-state index contributed by atoms with van der Waals surface area (Å²) in [5, 5.41) is 0. The number of methoxy groups -OCH3 is 1. The smallest absolute Gasteiger partial charge is 0.338 e. The molecule has 0 fully saturated rings. The fourth-order valence-electron chi connectivity index (χ4n) is 6.70. The van der Waals surface area contributed by atoms with Crippen molar-refractivity contribution >= 4 is 17.6 Å². The van der Waals surface area contributed by atoms with Gasteiger partial charge in [-0.15, -0.1) is 11.6 Å². The molecule has 0 aliphatic carbocycles. The van der Waals surface area contributed by atoms with Gasteiger partial charge in [0.1, 0.15) is 11.5 Å². The summed E-state index contributed by atoms with van der Waals surface area (Å²) >= 11 is 6.14. The Morgan fingerprint density at radius 1 is 0.459 bits per heavy atom. The van der Waals surface area contributed by atoms with Crippen molar-refractivity contribution in [3.63, 3.8) is 0 Å². The molecule has 0 saturated heterocycles. The molecular weight excluding hydrogens is 788 g/mol. The summed E-state index contributed by atoms with van der Waals surface area (Å²) in [6, 6.07) is 7.70. The van der Waals surface area contributed by atoms with Crippen LogP contribution < -0.4 is 23.7 Å². The fourth-order valence-corrected chi connectivity index (χ4v) is 6.85. The molecule has 0 heterocycles. The maximum atomic E-state index is 12.2. The zero-order chi connectivity index (χ0) is 43.2. The lowest BCUT2D eigenvalue weighted by molar-refractivity contribution is 0.0599. The highest BCUT2D eigenvalue weighted by Gasteiger charge is 2.19. The second-order valence-corrected chi connectivity index (χ2v) is 16.1. The van der Waals surface area contributed by atoms with Crippen LogP contribution in [0, 0.1) is 0 Å². The molecule has 0 spiro atoms. The number of alkyl halides is 1. The number of hydrogen-bond donors (Lipinski definition) is 0. The lowest BCUT2D eigenvalue weighted by atomic mass is 10.0. The number of rotatable bonds is 37. The van der Waals surface area contributed by atoms with Gasteiger partial charge < -0.3 is 33.9 Å². The molecule has 0 bridgehead atoms. The van der Waals surface area contributed by atoms with Gasteiger partial charge in [-0.3, -0.25) is 0 Å². The highest BCUT2D eigenvalue weighted by molar-refractivity contribution is 6.17. The van der Waals surface area contributed by atoms with Gasteiger partial charge in [0.05, 0.1) is 45.7 Å². The van der Waals surface area contributed by atoms with Crippen LogP contribution in [-0.2, 0) is 17.0 Å². The van der Waals surface area contributed by atoms with Crippen LogP contribution in [0.25, 0.3) is 0 Å². The van der Waals surface area contributed by atoms with E-state index in [0.29, 0.717) is 44.5 Å². The van der Waals surface area contributed by atoms with Gasteiger partial charge in [0.25, 0.3) is 0 Å². The van der Waals surface area contributed by atoms with Crippen molar-refractivity contribution in [2.24, 2.45) is 0 Å². The maximum Gasteiger partial charge on any atom is 0.338 e. The van der Waals surface area contributed by atoms with E-state index in [1.807, 2.05) is 24.3 Å². The summed E-state index contributed by atoms with van der Waals surface area (Å²) in [6.45, 7) is 16.7. The van der Waals surface area contributed by atoms with Gasteiger partial charge in [0.2, 0.25) is 5.75 Å². The van der Waals surface area contributed by atoms with Crippen molar-refractivity contribution in [1.82, 2.24) is 0 Å². The predicted molar refractivity (Wildman–Crippen MR) is 260 cm³/mol. The van der Waals surface area contributed by atoms with Crippen LogP contribution >= 0.6 is 11.6 Å². The monoisotopic (exact) mass is 881 g/mol. The largest absolute Gasteiger partial charge is 0.493 e. The SMILES string of the molecule is C.CCCCCCOc1cc(C(=O)OC)cc(OCCCCCC)c1CCCCCC.CCCCCCOc1cc(CCl)cc(OCCCCCC)c1OCCCCCC.O. The Morgan fingerprint density at radius 3 is 1.11 bits per heavy atom. The molecular formula is C52H93ClO8. The van der Waals surface area contributed by atoms with Crippen molar-refractivity contribution in [3.05, 3.63) is 41.0 Å². The first kappa shape index (κ1) is 60.2. The van der Waals surface area contributed by atoms with E-state index in [2.05, 4.69) is 41.5 Å². The van der Waals surface area contributed by atoms with Crippen molar-refractivity contribution in [2.75, 3.05) is 40.1 Å². The normalized spacial score (nSPS) is 10.5. The first-order chi connectivity index (χ1) is 28.9. The van der Waals surface area contributed by atoms with Crippen LogP contribution in [0.5, 0.6) is 28.7 Å². The summed E-state index contributed by atoms with van der Waals surface area (Å²) in [5.74, 6) is 3.97. The molecule has 2 aromatic rings. The molecule has 0 saturated carbocycles. The Kier molecular flexibility index (Phi) is 41.9. The number of benzene rings is 2. The lowest BCUT2D eigenvalue weighted by Gasteiger charge is -2.18. The van der Waals surface area contributed by atoms with Crippen LogP contribution in [0.4, 0.5) is 0 Å². The number of halogens is 1. The van der Waals surface area contributed by atoms with E-state index < -0.39 is 0 Å². The zero-order valence-corrected chi connectivity index (χ0v) is 40.2. The van der Waals surface area contributed by atoms with Gasteiger partial charge >= 0.3 is 5.97 Å². The van der Waals surface area contributed by atoms with E-state index in [1.165, 1.54) is 123 Å². The molecule has 2 rings (SSSR count). The molecule has 0 amide bonds. The predicted octanol–water partition coefficient (Wildman–Crippen LogP) is 15.6. The Labute approximate surface area is 380 Å². The second kappa shape index (κ2) is 42.5. The first-order valence-electron chi connectivity index (χ1n) is 24.1. The van der Waals surface area contributed by atoms with E-state index in [4.69, 9.17) is 40.0 Å². The molecule has 356 valence electrons. The Hall–Kier alpha value is -2.84. The van der Waals surface area contributed by atoms with E-state index in [-0.39, 0.29) is 18.9 Å². The van der Waals surface area contributed by atoms with Crippen LogP contribution in [0.1, 0.15) is 225 Å². The highest BCUT2D eigenvalue weighted by Crippen LogP contribution is 2.40. The number of esters is 1. The highest BCUT2D eigenvalue weighted by atomic mass is 35.5. The van der Waals surface area contributed by atoms with E-state index in [1.54, 1.807) is 0 Å². The van der Waals surface area contributed by atoms with Crippen molar-refractivity contribution in [2.45, 2.75) is 215 Å². The Morgan fingerprint density at radius 2 is 0.787 bits per heavy atom. The number of unbranched alkanes of at least 4 members (excludes halogenated alkanes) is 18. The van der Waals surface area contributed by atoms with E-state index in [0.717, 1.165) is 84.8 Å². The standard InChI is InChI=1S/C26H44O4.C25H43ClO3.CH4.H2O/c1-5-8-11-14-17-23-24(29-18-15-12-9-6-2)20-22(26(27)28-4)21-25(23)30-19-16-13-10-7-3;1-4-7-10-13-16-27-23-19-22(21-26)20-24(28-17-14-11-8-5-2)25(23)29-18-15-12-9-6-3;;/h20-21H,5-19H2,1-4H3;19-20H,4-18,21H2,1-3H3;1H4;1H2. The van der Waals surface area contributed by atoms with E-state index >= 15 is 0 Å². The van der Waals surface area contributed by atoms with Gasteiger partial charge in [-0.2, -0.15) is 0 Å². The third-order valence-corrected chi connectivity index (χ3v) is 10.7. The Balaban J connectivity index is 0. The van der Waals surface area contributed by atoms with Gasteiger partial charge in [-0.05, 0) is 74.8 Å². The summed E-state index contributed by atoms with van der Waals surface area (Å²) < 4.78 is 35.7. The number of ether oxygens (including phenoxy) is 6. The van der Waals surface area contributed by atoms with Crippen LogP contribution in [-0.4, -0.2) is 51.6 Å². The maximum absolute atomic E-state index is 12.2. The molecule has 9 heteroatoms. The topological polar surface area (TPSA) is 104 Å². The van der Waals surface area contributed by atoms with Gasteiger partial charge in [0.15, 0.2) is 11.5 Å². The summed E-state index contributed by atoms with van der Waals surface area (Å²) in [6.07, 6.45) is 29.1. The molecule has 0 aromatic heterocycles. The fraction of sp³-hybridized carbons (Fsp3) is 0.750. The van der Waals surface area contributed by atoms with Gasteiger partial charge in [0, 0.05) is 11.4 Å².